The lowest BCUT2D eigenvalue weighted by Crippen LogP contribution is -2.40. The molecule has 0 atom stereocenters. The Bertz CT molecular complexity index is 429. The number of carbonyl (C=O) groups is 1. The Morgan fingerprint density at radius 2 is 2.05 bits per heavy atom. The van der Waals surface area contributed by atoms with E-state index in [0.29, 0.717) is 12.7 Å². The lowest BCUT2D eigenvalue weighted by Gasteiger charge is -2.25. The molecule has 0 aliphatic heterocycles. The van der Waals surface area contributed by atoms with Gasteiger partial charge in [-0.1, -0.05) is 0 Å². The van der Waals surface area contributed by atoms with E-state index in [0.717, 1.165) is 12.1 Å². The van der Waals surface area contributed by atoms with Gasteiger partial charge in [0.05, 0.1) is 5.56 Å². The molecule has 7 heteroatoms. The summed E-state index contributed by atoms with van der Waals surface area (Å²) in [6, 6.07) is 1.83. The molecule has 1 aromatic heterocycles. The molecule has 4 nitrogen and oxygen atoms in total. The van der Waals surface area contributed by atoms with Crippen molar-refractivity contribution in [2.45, 2.75) is 26.1 Å². The van der Waals surface area contributed by atoms with Gasteiger partial charge in [0.2, 0.25) is 0 Å². The van der Waals surface area contributed by atoms with E-state index in [-0.39, 0.29) is 18.3 Å². The van der Waals surface area contributed by atoms with Crippen molar-refractivity contribution >= 4 is 5.91 Å². The molecule has 0 saturated carbocycles. The maximum Gasteiger partial charge on any atom is 0.417 e. The standard InChI is InChI=1S/C12H16F3N3O/c1-8(2)18(6-5-16)11(19)10-4-3-9(7-17-10)12(13,14)15/h3-4,7-8H,5-6,16H2,1-2H3. The molecule has 0 bridgehead atoms. The molecule has 0 radical (unpaired) electrons. The third kappa shape index (κ3) is 3.92. The number of hydrogen-bond acceptors (Lipinski definition) is 3. The summed E-state index contributed by atoms with van der Waals surface area (Å²) < 4.78 is 37.1. The minimum Gasteiger partial charge on any atom is -0.334 e. The van der Waals surface area contributed by atoms with Crippen LogP contribution in [-0.4, -0.2) is 34.9 Å². The summed E-state index contributed by atoms with van der Waals surface area (Å²) in [4.78, 5) is 17.1. The van der Waals surface area contributed by atoms with Crippen LogP contribution < -0.4 is 5.73 Å². The first-order valence-corrected chi connectivity index (χ1v) is 5.81. The average molecular weight is 275 g/mol. The van der Waals surface area contributed by atoms with E-state index in [1.165, 1.54) is 4.90 Å². The van der Waals surface area contributed by atoms with Gasteiger partial charge in [-0.15, -0.1) is 0 Å². The van der Waals surface area contributed by atoms with Crippen molar-refractivity contribution in [3.63, 3.8) is 0 Å². The molecule has 0 unspecified atom stereocenters. The zero-order valence-corrected chi connectivity index (χ0v) is 10.7. The number of hydrogen-bond donors (Lipinski definition) is 1. The van der Waals surface area contributed by atoms with Crippen LogP contribution in [0, 0.1) is 0 Å². The molecule has 0 aliphatic carbocycles. The summed E-state index contributed by atoms with van der Waals surface area (Å²) in [7, 11) is 0. The maximum absolute atomic E-state index is 12.4. The summed E-state index contributed by atoms with van der Waals surface area (Å²) in [6.07, 6.45) is -3.79. The number of aromatic nitrogens is 1. The molecule has 0 saturated heterocycles. The van der Waals surface area contributed by atoms with Crippen LogP contribution in [0.25, 0.3) is 0 Å². The summed E-state index contributed by atoms with van der Waals surface area (Å²) in [5, 5.41) is 0. The SMILES string of the molecule is CC(C)N(CCN)C(=O)c1ccc(C(F)(F)F)cn1. The largest absolute Gasteiger partial charge is 0.417 e. The van der Waals surface area contributed by atoms with E-state index >= 15 is 0 Å². The third-order valence-corrected chi connectivity index (χ3v) is 2.56. The van der Waals surface area contributed by atoms with E-state index in [2.05, 4.69) is 4.98 Å². The average Bonchev–Trinajstić information content (AvgIpc) is 2.34. The smallest absolute Gasteiger partial charge is 0.334 e. The van der Waals surface area contributed by atoms with Crippen LogP contribution in [0.4, 0.5) is 13.2 Å². The maximum atomic E-state index is 12.4. The summed E-state index contributed by atoms with van der Waals surface area (Å²) >= 11 is 0. The Morgan fingerprint density at radius 1 is 1.42 bits per heavy atom. The van der Waals surface area contributed by atoms with Crippen molar-refractivity contribution < 1.29 is 18.0 Å². The minimum absolute atomic E-state index is 0.0184. The second kappa shape index (κ2) is 6.01. The molecule has 2 N–H and O–H groups in total. The van der Waals surface area contributed by atoms with Crippen molar-refractivity contribution in [2.75, 3.05) is 13.1 Å². The molecule has 19 heavy (non-hydrogen) atoms. The van der Waals surface area contributed by atoms with Crippen LogP contribution in [0.2, 0.25) is 0 Å². The highest BCUT2D eigenvalue weighted by molar-refractivity contribution is 5.92. The Morgan fingerprint density at radius 3 is 2.42 bits per heavy atom. The zero-order valence-electron chi connectivity index (χ0n) is 10.7. The Labute approximate surface area is 109 Å². The molecule has 0 spiro atoms. The highest BCUT2D eigenvalue weighted by Crippen LogP contribution is 2.28. The Kier molecular flexibility index (Phi) is 4.88. The predicted molar refractivity (Wildman–Crippen MR) is 64.5 cm³/mol. The predicted octanol–water partition coefficient (Wildman–Crippen LogP) is 1.91. The number of rotatable bonds is 4. The second-order valence-corrected chi connectivity index (χ2v) is 4.31. The van der Waals surface area contributed by atoms with Gasteiger partial charge in [-0.25, -0.2) is 0 Å². The lowest BCUT2D eigenvalue weighted by molar-refractivity contribution is -0.137. The quantitative estimate of drug-likeness (QED) is 0.913. The number of carbonyl (C=O) groups excluding carboxylic acids is 1. The van der Waals surface area contributed by atoms with Crippen LogP contribution in [-0.2, 0) is 6.18 Å². The fraction of sp³-hybridized carbons (Fsp3) is 0.500. The van der Waals surface area contributed by atoms with Crippen LogP contribution in [0.5, 0.6) is 0 Å². The zero-order chi connectivity index (χ0) is 14.6. The Hall–Kier alpha value is -1.63. The third-order valence-electron chi connectivity index (χ3n) is 2.56. The number of nitrogens with two attached hydrogens (primary N) is 1. The van der Waals surface area contributed by atoms with E-state index in [4.69, 9.17) is 5.73 Å². The van der Waals surface area contributed by atoms with Gasteiger partial charge in [0, 0.05) is 25.3 Å². The molecule has 0 fully saturated rings. The normalized spacial score (nSPS) is 11.7. The molecule has 1 aromatic rings. The minimum atomic E-state index is -4.45. The van der Waals surface area contributed by atoms with Crippen LogP contribution in [0.3, 0.4) is 0 Å². The van der Waals surface area contributed by atoms with E-state index in [1.807, 2.05) is 0 Å². The van der Waals surface area contributed by atoms with Gasteiger partial charge in [0.15, 0.2) is 0 Å². The van der Waals surface area contributed by atoms with E-state index in [9.17, 15) is 18.0 Å². The van der Waals surface area contributed by atoms with Crippen molar-refractivity contribution in [1.82, 2.24) is 9.88 Å². The topological polar surface area (TPSA) is 59.2 Å². The molecule has 0 aromatic carbocycles. The fourth-order valence-corrected chi connectivity index (χ4v) is 1.57. The van der Waals surface area contributed by atoms with Gasteiger partial charge in [-0.3, -0.25) is 9.78 Å². The van der Waals surface area contributed by atoms with Gasteiger partial charge in [0.25, 0.3) is 5.91 Å². The lowest BCUT2D eigenvalue weighted by atomic mass is 10.2. The molecular formula is C12H16F3N3O. The molecule has 1 amide bonds. The molecular weight excluding hydrogens is 259 g/mol. The first kappa shape index (κ1) is 15.4. The van der Waals surface area contributed by atoms with Gasteiger partial charge < -0.3 is 10.6 Å². The number of pyridine rings is 1. The molecule has 1 rings (SSSR count). The van der Waals surface area contributed by atoms with E-state index < -0.39 is 17.6 Å². The summed E-state index contributed by atoms with van der Waals surface area (Å²) in [5.41, 5.74) is 4.51. The number of amides is 1. The molecule has 106 valence electrons. The van der Waals surface area contributed by atoms with Gasteiger partial charge >= 0.3 is 6.18 Å². The number of nitrogens with zero attached hydrogens (tertiary/aromatic N) is 2. The van der Waals surface area contributed by atoms with Gasteiger partial charge in [-0.05, 0) is 26.0 Å². The first-order chi connectivity index (χ1) is 8.77. The Balaban J connectivity index is 2.94. The van der Waals surface area contributed by atoms with Gasteiger partial charge in [-0.2, -0.15) is 13.2 Å². The monoisotopic (exact) mass is 275 g/mol. The van der Waals surface area contributed by atoms with Crippen molar-refractivity contribution in [1.29, 1.82) is 0 Å². The van der Waals surface area contributed by atoms with Crippen molar-refractivity contribution in [3.8, 4) is 0 Å². The summed E-state index contributed by atoms with van der Waals surface area (Å²) in [6.45, 7) is 4.22. The molecule has 1 heterocycles. The number of halogens is 3. The summed E-state index contributed by atoms with van der Waals surface area (Å²) in [5.74, 6) is -0.422. The van der Waals surface area contributed by atoms with Crippen LogP contribution in [0.1, 0.15) is 29.9 Å². The van der Waals surface area contributed by atoms with Crippen molar-refractivity contribution in [2.24, 2.45) is 5.73 Å². The van der Waals surface area contributed by atoms with E-state index in [1.54, 1.807) is 13.8 Å². The van der Waals surface area contributed by atoms with Gasteiger partial charge in [0.1, 0.15) is 5.69 Å². The van der Waals surface area contributed by atoms with Crippen LogP contribution >= 0.6 is 0 Å². The molecule has 0 aliphatic rings. The number of alkyl halides is 3. The first-order valence-electron chi connectivity index (χ1n) is 5.81. The highest BCUT2D eigenvalue weighted by Gasteiger charge is 2.31. The van der Waals surface area contributed by atoms with Crippen LogP contribution in [0.15, 0.2) is 18.3 Å². The van der Waals surface area contributed by atoms with Crippen molar-refractivity contribution in [3.05, 3.63) is 29.6 Å². The fourth-order valence-electron chi connectivity index (χ4n) is 1.57. The highest BCUT2D eigenvalue weighted by atomic mass is 19.4. The second-order valence-electron chi connectivity index (χ2n) is 4.31.